The summed E-state index contributed by atoms with van der Waals surface area (Å²) in [5.74, 6) is 1.37. The second-order valence-corrected chi connectivity index (χ2v) is 7.43. The fourth-order valence-electron chi connectivity index (χ4n) is 3.77. The summed E-state index contributed by atoms with van der Waals surface area (Å²) in [6.45, 7) is 5.80. The molecule has 0 radical (unpaired) electrons. The van der Waals surface area contributed by atoms with Gasteiger partial charge in [0.1, 0.15) is 5.75 Å². The van der Waals surface area contributed by atoms with Crippen LogP contribution in [-0.2, 0) is 24.2 Å². The summed E-state index contributed by atoms with van der Waals surface area (Å²) in [4.78, 5) is 14.9. The van der Waals surface area contributed by atoms with Crippen LogP contribution in [-0.4, -0.2) is 47.5 Å². The van der Waals surface area contributed by atoms with Crippen LogP contribution in [0.2, 0.25) is 0 Å². The molecule has 1 saturated carbocycles. The number of fused-ring (bicyclic) bond motifs is 1. The molecule has 0 unspecified atom stereocenters. The summed E-state index contributed by atoms with van der Waals surface area (Å²) >= 11 is 0. The van der Waals surface area contributed by atoms with Gasteiger partial charge in [-0.15, -0.1) is 0 Å². The zero-order valence-electron chi connectivity index (χ0n) is 16.1. The van der Waals surface area contributed by atoms with E-state index < -0.39 is 0 Å². The molecule has 0 bridgehead atoms. The predicted octanol–water partition coefficient (Wildman–Crippen LogP) is 2.88. The average molecular weight is 369 g/mol. The Morgan fingerprint density at radius 1 is 1.26 bits per heavy atom. The van der Waals surface area contributed by atoms with Gasteiger partial charge in [-0.1, -0.05) is 12.1 Å². The van der Waals surface area contributed by atoms with Gasteiger partial charge in [-0.2, -0.15) is 5.10 Å². The zero-order valence-corrected chi connectivity index (χ0v) is 16.1. The lowest BCUT2D eigenvalue weighted by Gasteiger charge is -2.27. The van der Waals surface area contributed by atoms with Crippen molar-refractivity contribution in [2.24, 2.45) is 5.92 Å². The maximum absolute atomic E-state index is 12.5. The van der Waals surface area contributed by atoms with Crippen molar-refractivity contribution in [2.45, 2.75) is 39.3 Å². The molecule has 6 nitrogen and oxygen atoms in total. The van der Waals surface area contributed by atoms with Crippen LogP contribution in [0, 0.1) is 5.92 Å². The number of nitrogens with zero attached hydrogens (tertiary/aromatic N) is 3. The molecule has 0 spiro atoms. The van der Waals surface area contributed by atoms with Gasteiger partial charge in [0, 0.05) is 37.3 Å². The van der Waals surface area contributed by atoms with Crippen LogP contribution in [0.4, 0.5) is 0 Å². The lowest BCUT2D eigenvalue weighted by molar-refractivity contribution is 0.0515. The Morgan fingerprint density at radius 2 is 2.04 bits per heavy atom. The van der Waals surface area contributed by atoms with E-state index >= 15 is 0 Å². The highest BCUT2D eigenvalue weighted by Gasteiger charge is 2.31. The van der Waals surface area contributed by atoms with E-state index in [1.54, 1.807) is 7.11 Å². The Bertz CT molecular complexity index is 809. The van der Waals surface area contributed by atoms with Gasteiger partial charge in [-0.3, -0.25) is 9.58 Å². The van der Waals surface area contributed by atoms with Gasteiger partial charge in [0.05, 0.1) is 20.3 Å². The molecule has 0 saturated heterocycles. The van der Waals surface area contributed by atoms with Gasteiger partial charge < -0.3 is 9.47 Å². The van der Waals surface area contributed by atoms with Crippen molar-refractivity contribution in [1.29, 1.82) is 0 Å². The van der Waals surface area contributed by atoms with E-state index in [0.717, 1.165) is 48.8 Å². The Balaban J connectivity index is 1.60. The third-order valence-corrected chi connectivity index (χ3v) is 5.39. The SMILES string of the molecule is CCOC(=O)c1nn(Cc2ccc(OC)cc2)c2c1CN(CC1CC1)CC2. The molecule has 1 aromatic carbocycles. The Kier molecular flexibility index (Phi) is 5.16. The fourth-order valence-corrected chi connectivity index (χ4v) is 3.77. The molecule has 1 aromatic heterocycles. The number of hydrogen-bond acceptors (Lipinski definition) is 5. The molecule has 1 aliphatic carbocycles. The van der Waals surface area contributed by atoms with Crippen molar-refractivity contribution in [1.82, 2.24) is 14.7 Å². The van der Waals surface area contributed by atoms with Crippen LogP contribution in [0.25, 0.3) is 0 Å². The van der Waals surface area contributed by atoms with Gasteiger partial charge in [0.15, 0.2) is 5.69 Å². The smallest absolute Gasteiger partial charge is 0.359 e. The van der Waals surface area contributed by atoms with E-state index in [9.17, 15) is 4.79 Å². The standard InChI is InChI=1S/C21H27N3O3/c1-3-27-21(25)20-18-14-23(12-15-4-5-15)11-10-19(18)24(22-20)13-16-6-8-17(26-2)9-7-16/h6-9,15H,3-5,10-14H2,1-2H3. The number of rotatable bonds is 7. The highest BCUT2D eigenvalue weighted by molar-refractivity contribution is 5.89. The number of benzene rings is 1. The minimum Gasteiger partial charge on any atom is -0.497 e. The molecule has 0 N–H and O–H groups in total. The van der Waals surface area contributed by atoms with Crippen molar-refractivity contribution >= 4 is 5.97 Å². The average Bonchev–Trinajstić information content (AvgIpc) is 3.43. The molecular formula is C21H27N3O3. The third-order valence-electron chi connectivity index (χ3n) is 5.39. The number of carbonyl (C=O) groups is 1. The molecule has 144 valence electrons. The Hall–Kier alpha value is -2.34. The van der Waals surface area contributed by atoms with Gasteiger partial charge >= 0.3 is 5.97 Å². The van der Waals surface area contributed by atoms with Crippen LogP contribution >= 0.6 is 0 Å². The Morgan fingerprint density at radius 3 is 2.70 bits per heavy atom. The molecule has 27 heavy (non-hydrogen) atoms. The van der Waals surface area contributed by atoms with Gasteiger partial charge in [0.2, 0.25) is 0 Å². The largest absolute Gasteiger partial charge is 0.497 e. The molecule has 0 amide bonds. The van der Waals surface area contributed by atoms with E-state index in [-0.39, 0.29) is 5.97 Å². The molecule has 1 aliphatic heterocycles. The molecule has 2 heterocycles. The number of esters is 1. The van der Waals surface area contributed by atoms with Gasteiger partial charge in [-0.05, 0) is 43.4 Å². The minimum absolute atomic E-state index is 0.310. The highest BCUT2D eigenvalue weighted by atomic mass is 16.5. The van der Waals surface area contributed by atoms with E-state index in [1.165, 1.54) is 18.5 Å². The quantitative estimate of drug-likeness (QED) is 0.703. The summed E-state index contributed by atoms with van der Waals surface area (Å²) in [6.07, 6.45) is 3.60. The number of aromatic nitrogens is 2. The fraction of sp³-hybridized carbons (Fsp3) is 0.524. The van der Waals surface area contributed by atoms with Crippen LogP contribution in [0.5, 0.6) is 5.75 Å². The number of methoxy groups -OCH3 is 1. The first-order valence-electron chi connectivity index (χ1n) is 9.79. The predicted molar refractivity (Wildman–Crippen MR) is 102 cm³/mol. The normalized spacial score (nSPS) is 16.8. The van der Waals surface area contributed by atoms with Crippen molar-refractivity contribution in [3.63, 3.8) is 0 Å². The van der Waals surface area contributed by atoms with Crippen LogP contribution in [0.1, 0.15) is 47.1 Å². The molecule has 1 fully saturated rings. The highest BCUT2D eigenvalue weighted by Crippen LogP contribution is 2.32. The first-order chi connectivity index (χ1) is 13.2. The number of carbonyl (C=O) groups excluding carboxylic acids is 1. The first kappa shape index (κ1) is 18.0. The number of ether oxygens (including phenoxy) is 2. The molecule has 4 rings (SSSR count). The summed E-state index contributed by atoms with van der Waals surface area (Å²) < 4.78 is 12.5. The van der Waals surface area contributed by atoms with Crippen molar-refractivity contribution in [3.8, 4) is 5.75 Å². The lowest BCUT2D eigenvalue weighted by atomic mass is 10.0. The van der Waals surface area contributed by atoms with Crippen LogP contribution < -0.4 is 4.74 Å². The maximum Gasteiger partial charge on any atom is 0.359 e. The molecule has 6 heteroatoms. The monoisotopic (exact) mass is 369 g/mol. The van der Waals surface area contributed by atoms with E-state index in [1.807, 2.05) is 35.9 Å². The van der Waals surface area contributed by atoms with Crippen molar-refractivity contribution < 1.29 is 14.3 Å². The third kappa shape index (κ3) is 4.00. The van der Waals surface area contributed by atoms with Crippen LogP contribution in [0.3, 0.4) is 0 Å². The summed E-state index contributed by atoms with van der Waals surface area (Å²) in [5, 5.41) is 4.66. The molecule has 2 aliphatic rings. The molecule has 2 aromatic rings. The first-order valence-corrected chi connectivity index (χ1v) is 9.79. The Labute approximate surface area is 160 Å². The maximum atomic E-state index is 12.5. The second-order valence-electron chi connectivity index (χ2n) is 7.43. The van der Waals surface area contributed by atoms with E-state index in [2.05, 4.69) is 10.00 Å². The van der Waals surface area contributed by atoms with E-state index in [0.29, 0.717) is 18.8 Å². The second kappa shape index (κ2) is 7.72. The van der Waals surface area contributed by atoms with Crippen LogP contribution in [0.15, 0.2) is 24.3 Å². The summed E-state index contributed by atoms with van der Waals surface area (Å²) in [5.41, 5.74) is 3.84. The lowest BCUT2D eigenvalue weighted by Crippen LogP contribution is -2.33. The zero-order chi connectivity index (χ0) is 18.8. The summed E-state index contributed by atoms with van der Waals surface area (Å²) in [6, 6.07) is 7.99. The van der Waals surface area contributed by atoms with Gasteiger partial charge in [-0.25, -0.2) is 4.79 Å². The van der Waals surface area contributed by atoms with Crippen molar-refractivity contribution in [3.05, 3.63) is 46.8 Å². The number of hydrogen-bond donors (Lipinski definition) is 0. The topological polar surface area (TPSA) is 56.6 Å². The molecular weight excluding hydrogens is 342 g/mol. The van der Waals surface area contributed by atoms with Gasteiger partial charge in [0.25, 0.3) is 0 Å². The molecule has 0 atom stereocenters. The van der Waals surface area contributed by atoms with E-state index in [4.69, 9.17) is 9.47 Å². The summed E-state index contributed by atoms with van der Waals surface area (Å²) in [7, 11) is 1.66. The minimum atomic E-state index is -0.310. The van der Waals surface area contributed by atoms with Crippen molar-refractivity contribution in [2.75, 3.05) is 26.8 Å².